The summed E-state index contributed by atoms with van der Waals surface area (Å²) in [4.78, 5) is 12.0. The highest BCUT2D eigenvalue weighted by Gasteiger charge is 2.13. The SMILES string of the molecule is Cc1oc(C)c(Cc2ccccc2)c(=O)c1Cl. The maximum atomic E-state index is 12.0. The lowest BCUT2D eigenvalue weighted by molar-refractivity contribution is 0.478. The maximum Gasteiger partial charge on any atom is 0.207 e. The topological polar surface area (TPSA) is 30.2 Å². The summed E-state index contributed by atoms with van der Waals surface area (Å²) in [5.41, 5.74) is 1.58. The molecular weight excluding hydrogens is 236 g/mol. The van der Waals surface area contributed by atoms with E-state index in [2.05, 4.69) is 0 Å². The molecule has 0 atom stereocenters. The van der Waals surface area contributed by atoms with Crippen LogP contribution in [0.25, 0.3) is 0 Å². The second-order valence-electron chi connectivity index (χ2n) is 4.00. The van der Waals surface area contributed by atoms with Gasteiger partial charge in [0.1, 0.15) is 16.5 Å². The molecule has 17 heavy (non-hydrogen) atoms. The fraction of sp³-hybridized carbons (Fsp3) is 0.214. The minimum Gasteiger partial charge on any atom is -0.465 e. The molecule has 0 bridgehead atoms. The number of aryl methyl sites for hydroxylation is 2. The van der Waals surface area contributed by atoms with Crippen molar-refractivity contribution >= 4 is 11.6 Å². The average molecular weight is 249 g/mol. The van der Waals surface area contributed by atoms with Gasteiger partial charge in [-0.3, -0.25) is 4.79 Å². The van der Waals surface area contributed by atoms with E-state index in [0.717, 1.165) is 5.56 Å². The largest absolute Gasteiger partial charge is 0.465 e. The first-order valence-electron chi connectivity index (χ1n) is 5.42. The third kappa shape index (κ3) is 2.42. The minimum absolute atomic E-state index is 0.128. The van der Waals surface area contributed by atoms with Gasteiger partial charge >= 0.3 is 0 Å². The summed E-state index contributed by atoms with van der Waals surface area (Å²) in [6.45, 7) is 3.49. The molecule has 1 aromatic heterocycles. The Hall–Kier alpha value is -1.54. The molecule has 2 rings (SSSR count). The number of rotatable bonds is 2. The maximum absolute atomic E-state index is 12.0. The molecular formula is C14H13ClO2. The van der Waals surface area contributed by atoms with Crippen LogP contribution in [0.5, 0.6) is 0 Å². The number of halogens is 1. The molecule has 0 unspecified atom stereocenters. The highest BCUT2D eigenvalue weighted by atomic mass is 35.5. The summed E-state index contributed by atoms with van der Waals surface area (Å²) >= 11 is 5.91. The van der Waals surface area contributed by atoms with E-state index in [1.54, 1.807) is 13.8 Å². The van der Waals surface area contributed by atoms with Crippen LogP contribution in [-0.4, -0.2) is 0 Å². The fourth-order valence-corrected chi connectivity index (χ4v) is 1.95. The van der Waals surface area contributed by atoms with Crippen LogP contribution in [0.3, 0.4) is 0 Å². The van der Waals surface area contributed by atoms with Gasteiger partial charge in [-0.15, -0.1) is 0 Å². The molecule has 0 saturated carbocycles. The third-order valence-electron chi connectivity index (χ3n) is 2.74. The fourth-order valence-electron chi connectivity index (χ4n) is 1.79. The quantitative estimate of drug-likeness (QED) is 0.814. The summed E-state index contributed by atoms with van der Waals surface area (Å²) in [5, 5.41) is 0.182. The smallest absolute Gasteiger partial charge is 0.207 e. The molecule has 0 radical (unpaired) electrons. The van der Waals surface area contributed by atoms with E-state index in [-0.39, 0.29) is 10.5 Å². The highest BCUT2D eigenvalue weighted by molar-refractivity contribution is 6.31. The van der Waals surface area contributed by atoms with Crippen molar-refractivity contribution < 1.29 is 4.42 Å². The van der Waals surface area contributed by atoms with Crippen LogP contribution in [0.1, 0.15) is 22.6 Å². The first kappa shape index (κ1) is 11.9. The van der Waals surface area contributed by atoms with Gasteiger partial charge < -0.3 is 4.42 Å². The summed E-state index contributed by atoms with van der Waals surface area (Å²) in [5.74, 6) is 1.12. The summed E-state index contributed by atoms with van der Waals surface area (Å²) < 4.78 is 5.46. The van der Waals surface area contributed by atoms with E-state index in [4.69, 9.17) is 16.0 Å². The van der Waals surface area contributed by atoms with E-state index >= 15 is 0 Å². The molecule has 2 nitrogen and oxygen atoms in total. The van der Waals surface area contributed by atoms with Crippen molar-refractivity contribution in [3.05, 3.63) is 68.2 Å². The number of hydrogen-bond acceptors (Lipinski definition) is 2. The van der Waals surface area contributed by atoms with Crippen molar-refractivity contribution in [3.63, 3.8) is 0 Å². The van der Waals surface area contributed by atoms with Crippen molar-refractivity contribution in [2.45, 2.75) is 20.3 Å². The van der Waals surface area contributed by atoms with Crippen LogP contribution < -0.4 is 5.43 Å². The van der Waals surface area contributed by atoms with Gasteiger partial charge in [0, 0.05) is 12.0 Å². The number of hydrogen-bond donors (Lipinski definition) is 0. The molecule has 3 heteroatoms. The van der Waals surface area contributed by atoms with Crippen molar-refractivity contribution in [2.24, 2.45) is 0 Å². The molecule has 0 aliphatic rings. The van der Waals surface area contributed by atoms with E-state index in [1.807, 2.05) is 30.3 Å². The standard InChI is InChI=1S/C14H13ClO2/c1-9-12(8-11-6-4-3-5-7-11)14(16)13(15)10(2)17-9/h3-7H,8H2,1-2H3. The average Bonchev–Trinajstić information content (AvgIpc) is 2.33. The Morgan fingerprint density at radius 1 is 1.12 bits per heavy atom. The number of benzene rings is 1. The van der Waals surface area contributed by atoms with Crippen LogP contribution in [0.2, 0.25) is 5.02 Å². The van der Waals surface area contributed by atoms with Gasteiger partial charge in [0.05, 0.1) is 0 Å². The van der Waals surface area contributed by atoms with Crippen LogP contribution in [0, 0.1) is 13.8 Å². The van der Waals surface area contributed by atoms with Gasteiger partial charge in [-0.2, -0.15) is 0 Å². The Morgan fingerprint density at radius 3 is 2.41 bits per heavy atom. The minimum atomic E-state index is -0.128. The molecule has 1 heterocycles. The zero-order valence-corrected chi connectivity index (χ0v) is 10.5. The van der Waals surface area contributed by atoms with E-state index < -0.39 is 0 Å². The Kier molecular flexibility index (Phi) is 3.34. The molecule has 0 amide bonds. The van der Waals surface area contributed by atoms with E-state index in [1.165, 1.54) is 0 Å². The van der Waals surface area contributed by atoms with Gasteiger partial charge in [-0.1, -0.05) is 41.9 Å². The van der Waals surface area contributed by atoms with Crippen molar-refractivity contribution in [1.82, 2.24) is 0 Å². The predicted molar refractivity (Wildman–Crippen MR) is 68.7 cm³/mol. The summed E-state index contributed by atoms with van der Waals surface area (Å²) in [6.07, 6.45) is 0.551. The Balaban J connectivity index is 2.47. The van der Waals surface area contributed by atoms with Gasteiger partial charge in [-0.05, 0) is 19.4 Å². The zero-order valence-electron chi connectivity index (χ0n) is 9.79. The molecule has 88 valence electrons. The van der Waals surface area contributed by atoms with Crippen LogP contribution in [0.15, 0.2) is 39.5 Å². The summed E-state index contributed by atoms with van der Waals surface area (Å²) in [6, 6.07) is 9.80. The predicted octanol–water partition coefficient (Wildman–Crippen LogP) is 3.50. The van der Waals surface area contributed by atoms with Gasteiger partial charge in [0.15, 0.2) is 0 Å². The molecule has 0 aliphatic heterocycles. The van der Waals surface area contributed by atoms with E-state index in [9.17, 15) is 4.79 Å². The van der Waals surface area contributed by atoms with Gasteiger partial charge in [-0.25, -0.2) is 0 Å². The molecule has 0 fully saturated rings. The Morgan fingerprint density at radius 2 is 1.76 bits per heavy atom. The molecule has 0 spiro atoms. The second kappa shape index (κ2) is 4.76. The zero-order chi connectivity index (χ0) is 12.4. The Labute approximate surface area is 105 Å². The Bertz CT molecular complexity index is 585. The van der Waals surface area contributed by atoms with Gasteiger partial charge in [0.2, 0.25) is 5.43 Å². The normalized spacial score (nSPS) is 10.5. The van der Waals surface area contributed by atoms with Gasteiger partial charge in [0.25, 0.3) is 0 Å². The van der Waals surface area contributed by atoms with Crippen LogP contribution >= 0.6 is 11.6 Å². The lowest BCUT2D eigenvalue weighted by atomic mass is 10.0. The molecule has 0 aliphatic carbocycles. The van der Waals surface area contributed by atoms with Crippen LogP contribution in [-0.2, 0) is 6.42 Å². The van der Waals surface area contributed by atoms with Crippen LogP contribution in [0.4, 0.5) is 0 Å². The second-order valence-corrected chi connectivity index (χ2v) is 4.38. The highest BCUT2D eigenvalue weighted by Crippen LogP contribution is 2.17. The lowest BCUT2D eigenvalue weighted by Gasteiger charge is -2.07. The molecule has 1 aromatic carbocycles. The first-order valence-corrected chi connectivity index (χ1v) is 5.80. The third-order valence-corrected chi connectivity index (χ3v) is 3.18. The van der Waals surface area contributed by atoms with Crippen molar-refractivity contribution in [2.75, 3.05) is 0 Å². The van der Waals surface area contributed by atoms with Crippen molar-refractivity contribution in [3.8, 4) is 0 Å². The lowest BCUT2D eigenvalue weighted by Crippen LogP contribution is -2.13. The monoisotopic (exact) mass is 248 g/mol. The molecule has 2 aromatic rings. The molecule has 0 saturated heterocycles. The first-order chi connectivity index (χ1) is 8.09. The molecule has 0 N–H and O–H groups in total. The van der Waals surface area contributed by atoms with Crippen molar-refractivity contribution in [1.29, 1.82) is 0 Å². The summed E-state index contributed by atoms with van der Waals surface area (Å²) in [7, 11) is 0. The van der Waals surface area contributed by atoms with E-state index in [0.29, 0.717) is 23.5 Å².